The van der Waals surface area contributed by atoms with E-state index in [1.54, 1.807) is 0 Å². The van der Waals surface area contributed by atoms with Crippen molar-refractivity contribution >= 4 is 168 Å². The van der Waals surface area contributed by atoms with Crippen LogP contribution in [0.15, 0.2) is 583 Å². The normalized spacial score (nSPS) is 11.1. The number of para-hydroxylation sites is 14. The fourth-order valence-electron chi connectivity index (χ4n) is 19.2. The van der Waals surface area contributed by atoms with Crippen LogP contribution in [-0.4, -0.2) is 0 Å². The van der Waals surface area contributed by atoms with Gasteiger partial charge in [0.1, 0.15) is 27.9 Å². The Morgan fingerprint density at radius 3 is 0.617 bits per heavy atom. The molecule has 0 aliphatic rings. The molecule has 0 amide bonds. The van der Waals surface area contributed by atoms with Gasteiger partial charge in [0, 0.05) is 135 Å². The van der Waals surface area contributed by atoms with E-state index in [0.29, 0.717) is 0 Å². The third-order valence-corrected chi connectivity index (χ3v) is 26.0. The molecule has 670 valence electrons. The van der Waals surface area contributed by atoms with Crippen molar-refractivity contribution in [3.63, 3.8) is 0 Å². The molecular formula is C132H94N6O3. The van der Waals surface area contributed by atoms with Gasteiger partial charge < -0.3 is 42.7 Å². The zero-order valence-electron chi connectivity index (χ0n) is 77.2. The lowest BCUT2D eigenvalue weighted by Crippen LogP contribution is -2.10. The maximum Gasteiger partial charge on any atom is 0.159 e. The third kappa shape index (κ3) is 18.0. The summed E-state index contributed by atoms with van der Waals surface area (Å²) in [4.78, 5) is 13.7. The molecule has 0 radical (unpaired) electrons. The first-order chi connectivity index (χ1) is 69.9. The Morgan fingerprint density at radius 2 is 0.312 bits per heavy atom. The Bertz CT molecular complexity index is 8390. The molecule has 0 bridgehead atoms. The monoisotopic (exact) mass is 1810 g/mol. The summed E-state index contributed by atoms with van der Waals surface area (Å²) in [6.07, 6.45) is 0. The lowest BCUT2D eigenvalue weighted by atomic mass is 10.0. The van der Waals surface area contributed by atoms with Crippen LogP contribution in [0.25, 0.3) is 110 Å². The second-order valence-corrected chi connectivity index (χ2v) is 34.7. The quantitative estimate of drug-likeness (QED) is 0.0660. The number of rotatable bonds is 22. The van der Waals surface area contributed by atoms with Gasteiger partial charge in [0.2, 0.25) is 0 Å². The third-order valence-electron chi connectivity index (χ3n) is 26.0. The fourth-order valence-corrected chi connectivity index (χ4v) is 19.2. The second kappa shape index (κ2) is 39.5. The molecule has 9 heteroatoms. The van der Waals surface area contributed by atoms with Crippen LogP contribution in [-0.2, 0) is 0 Å². The van der Waals surface area contributed by atoms with Crippen LogP contribution in [0.3, 0.4) is 0 Å². The maximum atomic E-state index is 6.45. The van der Waals surface area contributed by atoms with Crippen molar-refractivity contribution in [2.24, 2.45) is 0 Å². The SMILES string of the molecule is c1ccc(N(c2ccccc2)c2ccc(-c3ccc(N(c4ccccc4)c4ccc(-c5cccc6c5oc5ccccc56)cc4)cc3)cc2)cc1.c1ccc(N(c2ccccc2)c2ccc(-c3ccc(N(c4ccccc4)c4ccc5oc6ccccc6c5c4)cc3)cc2)cc1.c1ccc(N(c2ccccc2)c2ccc(-c3ccc(N(c4ccccc4)c4cccc5c4oc4ccccc45)cc3)cc2)cc1. The molecule has 9 nitrogen and oxygen atoms in total. The number of anilines is 18. The van der Waals surface area contributed by atoms with Crippen LogP contribution < -0.4 is 29.4 Å². The van der Waals surface area contributed by atoms with E-state index in [0.717, 1.165) is 190 Å². The zero-order valence-corrected chi connectivity index (χ0v) is 77.2. The van der Waals surface area contributed by atoms with Gasteiger partial charge in [0.25, 0.3) is 0 Å². The molecule has 22 aromatic carbocycles. The average molecular weight is 1810 g/mol. The van der Waals surface area contributed by atoms with Gasteiger partial charge >= 0.3 is 0 Å². The summed E-state index contributed by atoms with van der Waals surface area (Å²) in [5.41, 5.74) is 34.4. The summed E-state index contributed by atoms with van der Waals surface area (Å²) >= 11 is 0. The largest absolute Gasteiger partial charge is 0.456 e. The van der Waals surface area contributed by atoms with E-state index >= 15 is 0 Å². The minimum atomic E-state index is 0.878. The van der Waals surface area contributed by atoms with Crippen molar-refractivity contribution in [3.8, 4) is 44.5 Å². The topological polar surface area (TPSA) is 58.9 Å². The molecule has 0 unspecified atom stereocenters. The molecule has 0 fully saturated rings. The van der Waals surface area contributed by atoms with Crippen LogP contribution in [0, 0.1) is 0 Å². The highest BCUT2D eigenvalue weighted by molar-refractivity contribution is 6.12. The van der Waals surface area contributed by atoms with Crippen molar-refractivity contribution in [2.75, 3.05) is 29.4 Å². The van der Waals surface area contributed by atoms with E-state index in [-0.39, 0.29) is 0 Å². The highest BCUT2D eigenvalue weighted by Gasteiger charge is 2.24. The van der Waals surface area contributed by atoms with Gasteiger partial charge in [0.05, 0.1) is 5.69 Å². The van der Waals surface area contributed by atoms with Gasteiger partial charge in [0.15, 0.2) is 5.58 Å². The summed E-state index contributed by atoms with van der Waals surface area (Å²) in [6.45, 7) is 0. The molecule has 141 heavy (non-hydrogen) atoms. The van der Waals surface area contributed by atoms with Gasteiger partial charge in [-0.1, -0.05) is 334 Å². The van der Waals surface area contributed by atoms with E-state index in [1.165, 1.54) is 22.3 Å². The first kappa shape index (κ1) is 86.2. The van der Waals surface area contributed by atoms with Crippen LogP contribution in [0.2, 0.25) is 0 Å². The van der Waals surface area contributed by atoms with Crippen molar-refractivity contribution < 1.29 is 13.3 Å². The van der Waals surface area contributed by atoms with Gasteiger partial charge in [-0.15, -0.1) is 0 Å². The summed E-state index contributed by atoms with van der Waals surface area (Å²) in [5, 5.41) is 6.75. The smallest absolute Gasteiger partial charge is 0.159 e. The minimum Gasteiger partial charge on any atom is -0.456 e. The fraction of sp³-hybridized carbons (Fsp3) is 0. The van der Waals surface area contributed by atoms with Crippen molar-refractivity contribution in [1.82, 2.24) is 0 Å². The average Bonchev–Trinajstić information content (AvgIpc) is 1.64. The van der Waals surface area contributed by atoms with Crippen molar-refractivity contribution in [2.45, 2.75) is 0 Å². The molecule has 0 aliphatic carbocycles. The van der Waals surface area contributed by atoms with Gasteiger partial charge in [-0.3, -0.25) is 0 Å². The molecule has 0 atom stereocenters. The molecule has 0 spiro atoms. The number of hydrogen-bond acceptors (Lipinski definition) is 9. The minimum absolute atomic E-state index is 0.878. The summed E-state index contributed by atoms with van der Waals surface area (Å²) < 4.78 is 18.9. The summed E-state index contributed by atoms with van der Waals surface area (Å²) in [6, 6.07) is 200. The Balaban J connectivity index is 0.000000118. The number of nitrogens with zero attached hydrogens (tertiary/aromatic N) is 6. The number of fused-ring (bicyclic) bond motifs is 9. The van der Waals surface area contributed by atoms with E-state index < -0.39 is 0 Å². The first-order valence-corrected chi connectivity index (χ1v) is 47.7. The molecule has 0 saturated heterocycles. The first-order valence-electron chi connectivity index (χ1n) is 47.7. The predicted molar refractivity (Wildman–Crippen MR) is 591 cm³/mol. The maximum absolute atomic E-state index is 6.45. The summed E-state index contributed by atoms with van der Waals surface area (Å²) in [5.74, 6) is 0. The molecule has 3 heterocycles. The Morgan fingerprint density at radius 1 is 0.113 bits per heavy atom. The van der Waals surface area contributed by atoms with E-state index in [4.69, 9.17) is 13.3 Å². The molecule has 0 aliphatic heterocycles. The van der Waals surface area contributed by atoms with E-state index in [1.807, 2.05) is 42.5 Å². The van der Waals surface area contributed by atoms with Crippen molar-refractivity contribution in [1.29, 1.82) is 0 Å². The highest BCUT2D eigenvalue weighted by Crippen LogP contribution is 2.48. The van der Waals surface area contributed by atoms with Crippen LogP contribution in [0.4, 0.5) is 102 Å². The lowest BCUT2D eigenvalue weighted by Gasteiger charge is -2.26. The lowest BCUT2D eigenvalue weighted by molar-refractivity contribution is 0.668. The van der Waals surface area contributed by atoms with E-state index in [9.17, 15) is 0 Å². The molecule has 0 N–H and O–H groups in total. The number of benzene rings is 22. The summed E-state index contributed by atoms with van der Waals surface area (Å²) in [7, 11) is 0. The Labute approximate surface area is 820 Å². The number of furan rings is 3. The molecule has 0 saturated carbocycles. The molecular weight excluding hydrogens is 1720 g/mol. The zero-order chi connectivity index (χ0) is 94.0. The highest BCUT2D eigenvalue weighted by atomic mass is 16.3. The molecule has 25 rings (SSSR count). The van der Waals surface area contributed by atoms with Crippen LogP contribution in [0.5, 0.6) is 0 Å². The van der Waals surface area contributed by atoms with Gasteiger partial charge in [-0.05, 0) is 276 Å². The Kier molecular flexibility index (Phi) is 24.2. The molecule has 25 aromatic rings. The standard InChI is InChI=1S/C48H34N2O.2C42H30N2O/c1-4-13-38(14-5-1)49(39-15-6-2-7-16-39)41-29-23-35(24-30-41)36-25-31-42(32-26-36)50(40-17-8-3-9-18-40)43-33-27-37(28-34-43)44-20-12-21-46-45-19-10-11-22-47(45)51-48(44)46;1-4-13-33(14-5-1)43(34-15-6-2-7-16-34)36-27-23-31(24-28-36)32-25-29-37(30-26-32)44(35-17-8-3-9-18-35)40-21-12-20-39-38-19-10-11-22-41(38)45-42(39)40;1-4-12-33(13-5-1)43(34-14-6-2-7-15-34)36-24-20-31(21-25-36)32-22-26-37(27-23-32)44(35-16-8-3-9-17-35)38-28-29-42-40(30-38)39-18-10-11-19-41(39)45-42/h1-34H;2*1-30H. The van der Waals surface area contributed by atoms with E-state index in [2.05, 4.69) is 557 Å². The second-order valence-electron chi connectivity index (χ2n) is 34.7. The molecule has 3 aromatic heterocycles. The van der Waals surface area contributed by atoms with Gasteiger partial charge in [-0.2, -0.15) is 0 Å². The van der Waals surface area contributed by atoms with Crippen molar-refractivity contribution in [3.05, 3.63) is 570 Å². The predicted octanol–water partition coefficient (Wildman–Crippen LogP) is 38.2. The van der Waals surface area contributed by atoms with Crippen LogP contribution in [0.1, 0.15) is 0 Å². The number of hydrogen-bond donors (Lipinski definition) is 0. The van der Waals surface area contributed by atoms with Gasteiger partial charge in [-0.25, -0.2) is 0 Å². The van der Waals surface area contributed by atoms with Crippen LogP contribution >= 0.6 is 0 Å². The Hall–Kier alpha value is -19.0.